The lowest BCUT2D eigenvalue weighted by Crippen LogP contribution is -2.30. The summed E-state index contributed by atoms with van der Waals surface area (Å²) in [5.74, 6) is 0.423. The van der Waals surface area contributed by atoms with E-state index in [1.807, 2.05) is 0 Å². The average Bonchev–Trinajstić information content (AvgIpc) is 2.28. The lowest BCUT2D eigenvalue weighted by Gasteiger charge is -2.23. The maximum Gasteiger partial charge on any atom is 0.124 e. The van der Waals surface area contributed by atoms with Crippen LogP contribution in [0.4, 0.5) is 4.39 Å². The van der Waals surface area contributed by atoms with Gasteiger partial charge in [0, 0.05) is 17.1 Å². The van der Waals surface area contributed by atoms with Crippen molar-refractivity contribution in [2.75, 3.05) is 0 Å². The van der Waals surface area contributed by atoms with Crippen LogP contribution in [0.2, 0.25) is 5.02 Å². The predicted molar refractivity (Wildman–Crippen MR) is 76.5 cm³/mol. The zero-order valence-corrected chi connectivity index (χ0v) is 12.4. The Morgan fingerprint density at radius 3 is 2.50 bits per heavy atom. The molecule has 1 aromatic rings. The van der Waals surface area contributed by atoms with Gasteiger partial charge < -0.3 is 5.32 Å². The maximum atomic E-state index is 13.0. The van der Waals surface area contributed by atoms with Crippen LogP contribution in [0.3, 0.4) is 0 Å². The molecule has 0 fully saturated rings. The highest BCUT2D eigenvalue weighted by molar-refractivity contribution is 6.31. The van der Waals surface area contributed by atoms with E-state index in [-0.39, 0.29) is 11.9 Å². The predicted octanol–water partition coefficient (Wildman–Crippen LogP) is 4.95. The number of hydrogen-bond donors (Lipinski definition) is 1. The van der Waals surface area contributed by atoms with Crippen molar-refractivity contribution in [2.24, 2.45) is 5.92 Å². The zero-order valence-electron chi connectivity index (χ0n) is 11.6. The monoisotopic (exact) mass is 271 g/mol. The van der Waals surface area contributed by atoms with Crippen LogP contribution in [0.25, 0.3) is 0 Å². The molecule has 1 rings (SSSR count). The number of halogens is 2. The molecule has 3 atom stereocenters. The molecule has 0 saturated heterocycles. The summed E-state index contributed by atoms with van der Waals surface area (Å²) in [4.78, 5) is 0. The third-order valence-corrected chi connectivity index (χ3v) is 3.74. The third-order valence-electron chi connectivity index (χ3n) is 3.42. The maximum absolute atomic E-state index is 13.0. The van der Waals surface area contributed by atoms with Crippen LogP contribution < -0.4 is 5.32 Å². The van der Waals surface area contributed by atoms with E-state index < -0.39 is 0 Å². The van der Waals surface area contributed by atoms with E-state index in [1.165, 1.54) is 18.6 Å². The van der Waals surface area contributed by atoms with E-state index in [1.54, 1.807) is 6.07 Å². The van der Waals surface area contributed by atoms with Gasteiger partial charge in [0.15, 0.2) is 0 Å². The minimum Gasteiger partial charge on any atom is -0.308 e. The molecule has 0 heterocycles. The summed E-state index contributed by atoms with van der Waals surface area (Å²) < 4.78 is 13.0. The molecular formula is C15H23ClFN. The fourth-order valence-corrected chi connectivity index (χ4v) is 2.54. The largest absolute Gasteiger partial charge is 0.308 e. The standard InChI is InChI=1S/C15H23ClFN/c1-5-10(2)8-11(3)18-12(4)14-7-6-13(17)9-15(14)16/h6-7,9-12,18H,5,8H2,1-4H3. The van der Waals surface area contributed by atoms with Crippen LogP contribution in [-0.2, 0) is 0 Å². The summed E-state index contributed by atoms with van der Waals surface area (Å²) in [6.45, 7) is 8.71. The summed E-state index contributed by atoms with van der Waals surface area (Å²) >= 11 is 6.06. The molecule has 1 nitrogen and oxygen atoms in total. The van der Waals surface area contributed by atoms with Crippen molar-refractivity contribution in [1.29, 1.82) is 0 Å². The Kier molecular flexibility index (Phi) is 6.10. The van der Waals surface area contributed by atoms with Crippen molar-refractivity contribution in [3.63, 3.8) is 0 Å². The highest BCUT2D eigenvalue weighted by Gasteiger charge is 2.14. The molecule has 0 saturated carbocycles. The second kappa shape index (κ2) is 7.10. The molecule has 0 aliphatic rings. The molecule has 0 aliphatic carbocycles. The first-order valence-corrected chi connectivity index (χ1v) is 7.02. The second-order valence-electron chi connectivity index (χ2n) is 5.20. The van der Waals surface area contributed by atoms with Crippen LogP contribution in [0, 0.1) is 11.7 Å². The van der Waals surface area contributed by atoms with E-state index in [2.05, 4.69) is 33.0 Å². The SMILES string of the molecule is CCC(C)CC(C)NC(C)c1ccc(F)cc1Cl. The Morgan fingerprint density at radius 1 is 1.28 bits per heavy atom. The number of nitrogens with one attached hydrogen (secondary N) is 1. The average molecular weight is 272 g/mol. The first-order chi connectivity index (χ1) is 8.43. The zero-order chi connectivity index (χ0) is 13.7. The van der Waals surface area contributed by atoms with Crippen LogP contribution in [0.5, 0.6) is 0 Å². The van der Waals surface area contributed by atoms with Crippen molar-refractivity contribution < 1.29 is 4.39 Å². The number of rotatable bonds is 6. The Labute approximate surface area is 115 Å². The van der Waals surface area contributed by atoms with Crippen molar-refractivity contribution >= 4 is 11.6 Å². The van der Waals surface area contributed by atoms with E-state index in [0.29, 0.717) is 17.0 Å². The van der Waals surface area contributed by atoms with E-state index >= 15 is 0 Å². The molecule has 3 unspecified atom stereocenters. The van der Waals surface area contributed by atoms with Crippen LogP contribution >= 0.6 is 11.6 Å². The summed E-state index contributed by atoms with van der Waals surface area (Å²) in [5.41, 5.74) is 0.953. The molecule has 1 N–H and O–H groups in total. The molecule has 0 bridgehead atoms. The minimum atomic E-state index is -0.288. The first kappa shape index (κ1) is 15.5. The first-order valence-electron chi connectivity index (χ1n) is 6.65. The molecule has 0 radical (unpaired) electrons. The molecule has 0 aromatic heterocycles. The van der Waals surface area contributed by atoms with Gasteiger partial charge in [0.05, 0.1) is 0 Å². The lowest BCUT2D eigenvalue weighted by molar-refractivity contribution is 0.385. The van der Waals surface area contributed by atoms with Gasteiger partial charge >= 0.3 is 0 Å². The van der Waals surface area contributed by atoms with Gasteiger partial charge in [-0.1, -0.05) is 37.9 Å². The molecule has 102 valence electrons. The second-order valence-corrected chi connectivity index (χ2v) is 5.61. The van der Waals surface area contributed by atoms with Gasteiger partial charge in [-0.3, -0.25) is 0 Å². The fraction of sp³-hybridized carbons (Fsp3) is 0.600. The molecular weight excluding hydrogens is 249 g/mol. The van der Waals surface area contributed by atoms with Crippen molar-refractivity contribution in [3.8, 4) is 0 Å². The Hall–Kier alpha value is -0.600. The number of benzene rings is 1. The Balaban J connectivity index is 2.61. The molecule has 0 spiro atoms. The van der Waals surface area contributed by atoms with Gasteiger partial charge in [-0.05, 0) is 43.9 Å². The van der Waals surface area contributed by atoms with E-state index in [0.717, 1.165) is 12.0 Å². The van der Waals surface area contributed by atoms with Crippen LogP contribution in [0.15, 0.2) is 18.2 Å². The van der Waals surface area contributed by atoms with Gasteiger partial charge in [0.2, 0.25) is 0 Å². The molecule has 0 amide bonds. The van der Waals surface area contributed by atoms with Gasteiger partial charge in [0.1, 0.15) is 5.82 Å². The quantitative estimate of drug-likeness (QED) is 0.772. The van der Waals surface area contributed by atoms with Gasteiger partial charge in [0.25, 0.3) is 0 Å². The third kappa shape index (κ3) is 4.58. The topological polar surface area (TPSA) is 12.0 Å². The van der Waals surface area contributed by atoms with E-state index in [9.17, 15) is 4.39 Å². The van der Waals surface area contributed by atoms with Gasteiger partial charge in [-0.25, -0.2) is 4.39 Å². The molecule has 18 heavy (non-hydrogen) atoms. The van der Waals surface area contributed by atoms with Crippen molar-refractivity contribution in [3.05, 3.63) is 34.6 Å². The van der Waals surface area contributed by atoms with E-state index in [4.69, 9.17) is 11.6 Å². The minimum absolute atomic E-state index is 0.136. The number of hydrogen-bond acceptors (Lipinski definition) is 1. The fourth-order valence-electron chi connectivity index (χ4n) is 2.21. The summed E-state index contributed by atoms with van der Waals surface area (Å²) in [6.07, 6.45) is 2.33. The van der Waals surface area contributed by atoms with Crippen molar-refractivity contribution in [2.45, 2.75) is 52.6 Å². The summed E-state index contributed by atoms with van der Waals surface area (Å²) in [6, 6.07) is 5.14. The van der Waals surface area contributed by atoms with Crippen LogP contribution in [-0.4, -0.2) is 6.04 Å². The van der Waals surface area contributed by atoms with Crippen LogP contribution in [0.1, 0.15) is 52.1 Å². The van der Waals surface area contributed by atoms with Gasteiger partial charge in [-0.2, -0.15) is 0 Å². The lowest BCUT2D eigenvalue weighted by atomic mass is 9.99. The smallest absolute Gasteiger partial charge is 0.124 e. The molecule has 3 heteroatoms. The molecule has 0 aliphatic heterocycles. The highest BCUT2D eigenvalue weighted by Crippen LogP contribution is 2.24. The normalized spacial score (nSPS) is 16.3. The Bertz CT molecular complexity index is 381. The summed E-state index contributed by atoms with van der Waals surface area (Å²) in [5, 5.41) is 4.01. The van der Waals surface area contributed by atoms with Gasteiger partial charge in [-0.15, -0.1) is 0 Å². The highest BCUT2D eigenvalue weighted by atomic mass is 35.5. The summed E-state index contributed by atoms with van der Waals surface area (Å²) in [7, 11) is 0. The van der Waals surface area contributed by atoms with Crippen molar-refractivity contribution in [1.82, 2.24) is 5.32 Å². The molecule has 1 aromatic carbocycles. The Morgan fingerprint density at radius 2 is 1.94 bits per heavy atom.